The summed E-state index contributed by atoms with van der Waals surface area (Å²) in [5.41, 5.74) is 6.85. The van der Waals surface area contributed by atoms with Crippen LogP contribution in [-0.4, -0.2) is 45.6 Å². The van der Waals surface area contributed by atoms with Crippen LogP contribution in [0.1, 0.15) is 29.0 Å². The summed E-state index contributed by atoms with van der Waals surface area (Å²) in [5, 5.41) is 15.6. The summed E-state index contributed by atoms with van der Waals surface area (Å²) in [6.07, 6.45) is 6.01. The Hall–Kier alpha value is -3.77. The van der Waals surface area contributed by atoms with Crippen molar-refractivity contribution >= 4 is 11.9 Å². The second-order valence-electron chi connectivity index (χ2n) is 7.65. The topological polar surface area (TPSA) is 90.7 Å². The molecular weight excluding hydrogens is 404 g/mol. The highest BCUT2D eigenvalue weighted by Crippen LogP contribution is 2.35. The number of fused-ring (bicyclic) bond motifs is 1. The van der Waals surface area contributed by atoms with Crippen LogP contribution in [0.5, 0.6) is 0 Å². The number of carboxylic acids is 2. The number of rotatable bonds is 4. The van der Waals surface area contributed by atoms with E-state index in [-0.39, 0.29) is 0 Å². The number of pyridine rings is 1. The van der Waals surface area contributed by atoms with Gasteiger partial charge in [0.15, 0.2) is 0 Å². The van der Waals surface area contributed by atoms with E-state index in [0.29, 0.717) is 18.1 Å². The van der Waals surface area contributed by atoms with Gasteiger partial charge in [0.05, 0.1) is 0 Å². The SMILES string of the molecule is CN1CCC(c2ccccc2)c2ccc(-c3ccncc3)cc2C1.O=C(O)/C=C\C(=O)O. The fraction of sp³-hybridized carbons (Fsp3) is 0.192. The Morgan fingerprint density at radius 2 is 1.59 bits per heavy atom. The van der Waals surface area contributed by atoms with Gasteiger partial charge in [-0.2, -0.15) is 0 Å². The highest BCUT2D eigenvalue weighted by Gasteiger charge is 2.22. The number of nitrogens with zero attached hydrogens (tertiary/aromatic N) is 2. The Kier molecular flexibility index (Phi) is 7.89. The van der Waals surface area contributed by atoms with E-state index in [4.69, 9.17) is 10.2 Å². The summed E-state index contributed by atoms with van der Waals surface area (Å²) >= 11 is 0. The maximum atomic E-state index is 9.55. The molecule has 0 aliphatic carbocycles. The van der Waals surface area contributed by atoms with Gasteiger partial charge in [0.25, 0.3) is 0 Å². The van der Waals surface area contributed by atoms with E-state index in [1.807, 2.05) is 12.4 Å². The average molecular weight is 431 g/mol. The number of benzene rings is 2. The number of aromatic nitrogens is 1. The van der Waals surface area contributed by atoms with Gasteiger partial charge in [-0.3, -0.25) is 4.98 Å². The molecule has 1 atom stereocenters. The van der Waals surface area contributed by atoms with Crippen LogP contribution in [0, 0.1) is 0 Å². The molecule has 0 bridgehead atoms. The summed E-state index contributed by atoms with van der Waals surface area (Å²) in [6, 6.07) is 22.0. The van der Waals surface area contributed by atoms with Gasteiger partial charge < -0.3 is 15.1 Å². The Bertz CT molecular complexity index is 1070. The summed E-state index contributed by atoms with van der Waals surface area (Å²) in [4.78, 5) is 25.7. The molecular formula is C26H26N2O4. The molecule has 1 unspecified atom stereocenters. The number of hydrogen-bond donors (Lipinski definition) is 2. The highest BCUT2D eigenvalue weighted by atomic mass is 16.4. The second-order valence-corrected chi connectivity index (χ2v) is 7.65. The van der Waals surface area contributed by atoms with Crippen LogP contribution in [0.3, 0.4) is 0 Å². The zero-order valence-electron chi connectivity index (χ0n) is 17.9. The van der Waals surface area contributed by atoms with Crippen molar-refractivity contribution in [3.05, 3.63) is 102 Å². The van der Waals surface area contributed by atoms with Gasteiger partial charge in [0.1, 0.15) is 0 Å². The van der Waals surface area contributed by atoms with Gasteiger partial charge >= 0.3 is 11.9 Å². The lowest BCUT2D eigenvalue weighted by atomic mass is 9.85. The van der Waals surface area contributed by atoms with Crippen LogP contribution < -0.4 is 0 Å². The van der Waals surface area contributed by atoms with E-state index in [0.717, 1.165) is 13.1 Å². The van der Waals surface area contributed by atoms with E-state index in [9.17, 15) is 9.59 Å². The molecule has 2 heterocycles. The third-order valence-corrected chi connectivity index (χ3v) is 5.34. The molecule has 6 heteroatoms. The number of aliphatic carboxylic acids is 2. The van der Waals surface area contributed by atoms with Crippen molar-refractivity contribution in [3.8, 4) is 11.1 Å². The first-order valence-corrected chi connectivity index (χ1v) is 10.3. The van der Waals surface area contributed by atoms with Gasteiger partial charge in [-0.1, -0.05) is 42.5 Å². The lowest BCUT2D eigenvalue weighted by Gasteiger charge is -2.18. The largest absolute Gasteiger partial charge is 0.478 e. The number of carboxylic acid groups (broad SMARTS) is 2. The molecule has 3 aromatic rings. The number of hydrogen-bond acceptors (Lipinski definition) is 4. The minimum Gasteiger partial charge on any atom is -0.478 e. The Balaban J connectivity index is 0.000000312. The monoisotopic (exact) mass is 430 g/mol. The molecule has 0 saturated carbocycles. The first kappa shape index (κ1) is 22.9. The molecule has 0 spiro atoms. The quantitative estimate of drug-likeness (QED) is 0.595. The maximum Gasteiger partial charge on any atom is 0.328 e. The summed E-state index contributed by atoms with van der Waals surface area (Å²) in [6.45, 7) is 2.14. The van der Waals surface area contributed by atoms with Crippen LogP contribution >= 0.6 is 0 Å². The van der Waals surface area contributed by atoms with Crippen molar-refractivity contribution in [2.75, 3.05) is 13.6 Å². The molecule has 0 radical (unpaired) electrons. The molecule has 1 aromatic heterocycles. The normalized spacial score (nSPS) is 15.8. The molecule has 32 heavy (non-hydrogen) atoms. The van der Waals surface area contributed by atoms with Crippen LogP contribution in [0.4, 0.5) is 0 Å². The predicted molar refractivity (Wildman–Crippen MR) is 123 cm³/mol. The highest BCUT2D eigenvalue weighted by molar-refractivity contribution is 5.89. The lowest BCUT2D eigenvalue weighted by Crippen LogP contribution is -2.17. The molecule has 0 fully saturated rings. The second kappa shape index (κ2) is 11.0. The molecule has 4 rings (SSSR count). The van der Waals surface area contributed by atoms with Crippen molar-refractivity contribution in [1.29, 1.82) is 0 Å². The zero-order chi connectivity index (χ0) is 22.9. The Labute approximate surface area is 187 Å². The van der Waals surface area contributed by atoms with Crippen molar-refractivity contribution in [3.63, 3.8) is 0 Å². The fourth-order valence-corrected chi connectivity index (χ4v) is 3.86. The van der Waals surface area contributed by atoms with Crippen LogP contribution in [0.2, 0.25) is 0 Å². The van der Waals surface area contributed by atoms with Crippen LogP contribution in [-0.2, 0) is 16.1 Å². The van der Waals surface area contributed by atoms with Gasteiger partial charge in [-0.25, -0.2) is 9.59 Å². The van der Waals surface area contributed by atoms with Crippen molar-refractivity contribution in [2.45, 2.75) is 18.9 Å². The van der Waals surface area contributed by atoms with E-state index in [1.165, 1.54) is 34.2 Å². The summed E-state index contributed by atoms with van der Waals surface area (Å²) in [5.74, 6) is -2.03. The van der Waals surface area contributed by atoms with Crippen LogP contribution in [0.25, 0.3) is 11.1 Å². The van der Waals surface area contributed by atoms with E-state index in [1.54, 1.807) is 0 Å². The lowest BCUT2D eigenvalue weighted by molar-refractivity contribution is -0.134. The van der Waals surface area contributed by atoms with E-state index in [2.05, 4.69) is 77.6 Å². The van der Waals surface area contributed by atoms with Crippen molar-refractivity contribution in [1.82, 2.24) is 9.88 Å². The first-order chi connectivity index (χ1) is 15.4. The van der Waals surface area contributed by atoms with Gasteiger partial charge in [-0.15, -0.1) is 0 Å². The van der Waals surface area contributed by atoms with E-state index < -0.39 is 11.9 Å². The third-order valence-electron chi connectivity index (χ3n) is 5.34. The molecule has 1 aliphatic rings. The molecule has 1 aliphatic heterocycles. The molecule has 0 amide bonds. The Morgan fingerprint density at radius 3 is 2.22 bits per heavy atom. The smallest absolute Gasteiger partial charge is 0.328 e. The first-order valence-electron chi connectivity index (χ1n) is 10.3. The molecule has 0 saturated heterocycles. The van der Waals surface area contributed by atoms with Crippen molar-refractivity contribution in [2.24, 2.45) is 0 Å². The van der Waals surface area contributed by atoms with Gasteiger partial charge in [-0.05, 0) is 66.0 Å². The minimum atomic E-state index is -1.26. The maximum absolute atomic E-state index is 9.55. The molecule has 2 N–H and O–H groups in total. The molecule has 6 nitrogen and oxygen atoms in total. The average Bonchev–Trinajstić information content (AvgIpc) is 2.97. The Morgan fingerprint density at radius 1 is 0.938 bits per heavy atom. The standard InChI is InChI=1S/C22H22N2.C4H4O4/c1-24-14-11-22(18-5-3-2-4-6-18)21-8-7-19(15-20(21)16-24)17-9-12-23-13-10-17;5-3(6)1-2-4(7)8/h2-10,12-13,15,22H,11,14,16H2,1H3;1-2H,(H,5,6)(H,7,8)/b;2-1-. The summed E-state index contributed by atoms with van der Waals surface area (Å²) in [7, 11) is 2.22. The summed E-state index contributed by atoms with van der Waals surface area (Å²) < 4.78 is 0. The van der Waals surface area contributed by atoms with Gasteiger partial charge in [0, 0.05) is 37.0 Å². The fourth-order valence-electron chi connectivity index (χ4n) is 3.86. The zero-order valence-corrected chi connectivity index (χ0v) is 17.9. The number of carbonyl (C=O) groups is 2. The van der Waals surface area contributed by atoms with E-state index >= 15 is 0 Å². The predicted octanol–water partition coefficient (Wildman–Crippen LogP) is 4.43. The van der Waals surface area contributed by atoms with Crippen molar-refractivity contribution < 1.29 is 19.8 Å². The van der Waals surface area contributed by atoms with Crippen LogP contribution in [0.15, 0.2) is 85.2 Å². The van der Waals surface area contributed by atoms with Gasteiger partial charge in [0.2, 0.25) is 0 Å². The third kappa shape index (κ3) is 6.36. The molecule has 2 aromatic carbocycles. The minimum absolute atomic E-state index is 0.484. The molecule has 164 valence electrons.